The fraction of sp³-hybridized carbons (Fsp3) is 0.318. The van der Waals surface area contributed by atoms with Gasteiger partial charge in [-0.1, -0.05) is 31.3 Å². The molecular weight excluding hydrogens is 356 g/mol. The Kier molecular flexibility index (Phi) is 4.63. The monoisotopic (exact) mass is 378 g/mol. The molecule has 0 bridgehead atoms. The predicted molar refractivity (Wildman–Crippen MR) is 104 cm³/mol. The van der Waals surface area contributed by atoms with Crippen LogP contribution in [0.5, 0.6) is 5.75 Å². The lowest BCUT2D eigenvalue weighted by molar-refractivity contribution is 0.0697. The van der Waals surface area contributed by atoms with Gasteiger partial charge in [-0.15, -0.1) is 0 Å². The summed E-state index contributed by atoms with van der Waals surface area (Å²) in [6, 6.07) is 11.7. The van der Waals surface area contributed by atoms with Crippen LogP contribution in [0.4, 0.5) is 0 Å². The molecule has 0 aliphatic heterocycles. The van der Waals surface area contributed by atoms with E-state index in [4.69, 9.17) is 9.63 Å². The van der Waals surface area contributed by atoms with Gasteiger partial charge in [-0.25, -0.2) is 4.79 Å². The van der Waals surface area contributed by atoms with Crippen LogP contribution in [0.1, 0.15) is 54.9 Å². The summed E-state index contributed by atoms with van der Waals surface area (Å²) in [6.45, 7) is 2.21. The number of carbonyl (C=O) groups is 1. The minimum atomic E-state index is -0.981. The molecule has 28 heavy (non-hydrogen) atoms. The minimum absolute atomic E-state index is 0.0441. The zero-order valence-electron chi connectivity index (χ0n) is 15.7. The summed E-state index contributed by atoms with van der Waals surface area (Å²) < 4.78 is 5.38. The molecule has 1 aromatic heterocycles. The van der Waals surface area contributed by atoms with Crippen molar-refractivity contribution in [2.45, 2.75) is 44.4 Å². The zero-order valence-corrected chi connectivity index (χ0v) is 15.7. The van der Waals surface area contributed by atoms with Gasteiger partial charge in [-0.05, 0) is 60.7 Å². The quantitative estimate of drug-likeness (QED) is 0.661. The highest BCUT2D eigenvalue weighted by Gasteiger charge is 2.31. The first-order chi connectivity index (χ1) is 13.5. The van der Waals surface area contributed by atoms with E-state index in [0.717, 1.165) is 24.0 Å². The van der Waals surface area contributed by atoms with E-state index in [9.17, 15) is 9.90 Å². The molecule has 0 spiro atoms. The third-order valence-electron chi connectivity index (χ3n) is 5.67. The van der Waals surface area contributed by atoms with E-state index in [2.05, 4.69) is 17.1 Å². The minimum Gasteiger partial charge on any atom is -0.508 e. The van der Waals surface area contributed by atoms with Gasteiger partial charge < -0.3 is 14.7 Å². The smallest absolute Gasteiger partial charge is 0.335 e. The second-order valence-corrected chi connectivity index (χ2v) is 7.66. The van der Waals surface area contributed by atoms with Crippen molar-refractivity contribution >= 4 is 5.97 Å². The van der Waals surface area contributed by atoms with Crippen LogP contribution < -0.4 is 0 Å². The summed E-state index contributed by atoms with van der Waals surface area (Å²) in [5.74, 6) is 0.0927. The van der Waals surface area contributed by atoms with Crippen molar-refractivity contribution < 1.29 is 19.5 Å². The molecule has 0 unspecified atom stereocenters. The number of nitrogens with zero attached hydrogens (tertiary/aromatic N) is 2. The van der Waals surface area contributed by atoms with Gasteiger partial charge in [0.05, 0.1) is 5.56 Å². The van der Waals surface area contributed by atoms with E-state index >= 15 is 0 Å². The molecule has 6 nitrogen and oxygen atoms in total. The first kappa shape index (κ1) is 18.2. The average molecular weight is 378 g/mol. The number of phenolic OH excluding ortho intramolecular Hbond substituents is 1. The van der Waals surface area contributed by atoms with Crippen molar-refractivity contribution in [2.75, 3.05) is 0 Å². The lowest BCUT2D eigenvalue weighted by Gasteiger charge is -2.34. The van der Waals surface area contributed by atoms with E-state index in [1.54, 1.807) is 24.3 Å². The Bertz CT molecular complexity index is 1000. The molecule has 0 atom stereocenters. The molecule has 6 heteroatoms. The highest BCUT2D eigenvalue weighted by atomic mass is 16.5. The highest BCUT2D eigenvalue weighted by molar-refractivity contribution is 5.88. The molecular formula is C22H22N2O4. The van der Waals surface area contributed by atoms with E-state index in [-0.39, 0.29) is 11.0 Å². The molecule has 1 aliphatic carbocycles. The fourth-order valence-corrected chi connectivity index (χ4v) is 3.97. The molecule has 0 saturated heterocycles. The summed E-state index contributed by atoms with van der Waals surface area (Å²) in [7, 11) is 0. The largest absolute Gasteiger partial charge is 0.508 e. The first-order valence-electron chi connectivity index (χ1n) is 9.48. The fourth-order valence-electron chi connectivity index (χ4n) is 3.97. The zero-order chi connectivity index (χ0) is 19.7. The molecule has 3 aromatic rings. The van der Waals surface area contributed by atoms with Crippen molar-refractivity contribution in [1.82, 2.24) is 10.1 Å². The highest BCUT2D eigenvalue weighted by Crippen LogP contribution is 2.43. The molecule has 0 radical (unpaired) electrons. The van der Waals surface area contributed by atoms with Crippen LogP contribution in [-0.2, 0) is 5.41 Å². The number of aromatic hydroxyl groups is 1. The number of phenols is 1. The number of hydrogen-bond donors (Lipinski definition) is 2. The summed E-state index contributed by atoms with van der Waals surface area (Å²) in [6.07, 6.45) is 5.68. The van der Waals surface area contributed by atoms with Crippen molar-refractivity contribution in [3.63, 3.8) is 0 Å². The van der Waals surface area contributed by atoms with Crippen LogP contribution >= 0.6 is 0 Å². The average Bonchev–Trinajstić information content (AvgIpc) is 3.19. The van der Waals surface area contributed by atoms with Crippen LogP contribution in [-0.4, -0.2) is 26.3 Å². The lowest BCUT2D eigenvalue weighted by atomic mass is 9.70. The summed E-state index contributed by atoms with van der Waals surface area (Å²) >= 11 is 0. The molecule has 1 heterocycles. The maximum atomic E-state index is 11.0. The van der Waals surface area contributed by atoms with E-state index in [1.165, 1.54) is 31.4 Å². The van der Waals surface area contributed by atoms with Crippen molar-refractivity contribution in [1.29, 1.82) is 0 Å². The normalized spacial score (nSPS) is 16.0. The summed E-state index contributed by atoms with van der Waals surface area (Å²) in [5.41, 5.74) is 2.53. The molecule has 1 aliphatic rings. The topological polar surface area (TPSA) is 96.5 Å². The Labute approximate surface area is 162 Å². The van der Waals surface area contributed by atoms with Gasteiger partial charge in [0.2, 0.25) is 5.82 Å². The molecule has 144 valence electrons. The number of aromatic carboxylic acids is 1. The lowest BCUT2D eigenvalue weighted by Crippen LogP contribution is -2.25. The Morgan fingerprint density at radius 3 is 2.39 bits per heavy atom. The number of carboxylic acid groups (broad SMARTS) is 1. The number of aromatic nitrogens is 2. The SMILES string of the molecule is CC1(c2cc(-c3noc(-c4ccc(C(=O)O)cc4)n3)ccc2O)CCCCC1. The second-order valence-electron chi connectivity index (χ2n) is 7.66. The molecule has 1 saturated carbocycles. The van der Waals surface area contributed by atoms with Crippen molar-refractivity contribution in [3.05, 3.63) is 53.6 Å². The Hall–Kier alpha value is -3.15. The van der Waals surface area contributed by atoms with Gasteiger partial charge in [-0.3, -0.25) is 0 Å². The predicted octanol–water partition coefficient (Wildman–Crippen LogP) is 5.03. The number of carboxylic acids is 1. The molecule has 2 N–H and O–H groups in total. The van der Waals surface area contributed by atoms with Crippen LogP contribution in [0.25, 0.3) is 22.8 Å². The van der Waals surface area contributed by atoms with Gasteiger partial charge in [-0.2, -0.15) is 4.98 Å². The third-order valence-corrected chi connectivity index (χ3v) is 5.67. The first-order valence-corrected chi connectivity index (χ1v) is 9.48. The number of rotatable bonds is 4. The Morgan fingerprint density at radius 2 is 1.71 bits per heavy atom. The van der Waals surface area contributed by atoms with Gasteiger partial charge in [0.15, 0.2) is 0 Å². The maximum absolute atomic E-state index is 11.0. The third kappa shape index (κ3) is 3.38. The van der Waals surface area contributed by atoms with Gasteiger partial charge in [0.25, 0.3) is 5.89 Å². The van der Waals surface area contributed by atoms with Crippen LogP contribution in [0.15, 0.2) is 47.0 Å². The van der Waals surface area contributed by atoms with E-state index < -0.39 is 5.97 Å². The van der Waals surface area contributed by atoms with Crippen molar-refractivity contribution in [2.24, 2.45) is 0 Å². The van der Waals surface area contributed by atoms with Gasteiger partial charge in [0, 0.05) is 16.7 Å². The van der Waals surface area contributed by atoms with E-state index in [1.807, 2.05) is 6.07 Å². The molecule has 0 amide bonds. The van der Waals surface area contributed by atoms with Gasteiger partial charge >= 0.3 is 5.97 Å². The van der Waals surface area contributed by atoms with Crippen molar-refractivity contribution in [3.8, 4) is 28.6 Å². The Balaban J connectivity index is 1.65. The number of benzene rings is 2. The summed E-state index contributed by atoms with van der Waals surface area (Å²) in [5, 5.41) is 23.5. The van der Waals surface area contributed by atoms with Crippen LogP contribution in [0.2, 0.25) is 0 Å². The molecule has 4 rings (SSSR count). The van der Waals surface area contributed by atoms with E-state index in [0.29, 0.717) is 23.0 Å². The van der Waals surface area contributed by atoms with Gasteiger partial charge in [0.1, 0.15) is 5.75 Å². The molecule has 1 fully saturated rings. The molecule has 2 aromatic carbocycles. The summed E-state index contributed by atoms with van der Waals surface area (Å²) in [4.78, 5) is 15.4. The standard InChI is InChI=1S/C22H22N2O4/c1-22(11-3-2-4-12-22)17-13-16(9-10-18(17)25)19-23-20(28-24-19)14-5-7-15(8-6-14)21(26)27/h5-10,13,25H,2-4,11-12H2,1H3,(H,26,27). The maximum Gasteiger partial charge on any atom is 0.335 e. The van der Waals surface area contributed by atoms with Crippen LogP contribution in [0.3, 0.4) is 0 Å². The number of hydrogen-bond acceptors (Lipinski definition) is 5. The second kappa shape index (κ2) is 7.11. The Morgan fingerprint density at radius 1 is 1.04 bits per heavy atom. The van der Waals surface area contributed by atoms with Crippen LogP contribution in [0, 0.1) is 0 Å².